The molecular formula is C14H15BrClN3OS. The molecule has 1 heterocycles. The predicted molar refractivity (Wildman–Crippen MR) is 92.3 cm³/mol. The summed E-state index contributed by atoms with van der Waals surface area (Å²) in [6, 6.07) is 5.65. The first kappa shape index (κ1) is 16.3. The van der Waals surface area contributed by atoms with Gasteiger partial charge in [0, 0.05) is 18.8 Å². The zero-order valence-corrected chi connectivity index (χ0v) is 14.8. The van der Waals surface area contributed by atoms with E-state index in [1.807, 2.05) is 30.5 Å². The monoisotopic (exact) mass is 387 g/mol. The van der Waals surface area contributed by atoms with E-state index in [2.05, 4.69) is 26.2 Å². The van der Waals surface area contributed by atoms with Crippen molar-refractivity contribution in [3.05, 3.63) is 38.8 Å². The second-order valence-electron chi connectivity index (χ2n) is 4.34. The molecule has 0 radical (unpaired) electrons. The number of hydrogen-bond donors (Lipinski definition) is 1. The molecule has 1 N–H and O–H groups in total. The average Bonchev–Trinajstić information content (AvgIpc) is 2.89. The lowest BCUT2D eigenvalue weighted by Gasteiger charge is -2.14. The Morgan fingerprint density at radius 1 is 1.52 bits per heavy atom. The van der Waals surface area contributed by atoms with Gasteiger partial charge in [0.05, 0.1) is 27.4 Å². The van der Waals surface area contributed by atoms with E-state index < -0.39 is 0 Å². The van der Waals surface area contributed by atoms with Crippen molar-refractivity contribution in [2.45, 2.75) is 20.4 Å². The molecule has 0 unspecified atom stereocenters. The largest absolute Gasteiger partial charge is 0.378 e. The summed E-state index contributed by atoms with van der Waals surface area (Å²) in [5, 5.41) is 6.62. The molecule has 2 aromatic rings. The van der Waals surface area contributed by atoms with Gasteiger partial charge in [-0.05, 0) is 35.0 Å². The molecule has 1 amide bonds. The topological polar surface area (TPSA) is 45.2 Å². The molecule has 1 aromatic heterocycles. The number of nitrogens with one attached hydrogen (secondary N) is 1. The fourth-order valence-electron chi connectivity index (χ4n) is 1.82. The standard InChI is InChI=1S/C14H15BrClN3OS/c1-3-19(9(2)20)14-18-10(8-21-14)7-17-12-6-4-5-11(16)13(12)15/h4-6,8,17H,3,7H2,1-2H3. The zero-order valence-electron chi connectivity index (χ0n) is 11.7. The van der Waals surface area contributed by atoms with Gasteiger partial charge in [0.25, 0.3) is 0 Å². The van der Waals surface area contributed by atoms with Gasteiger partial charge in [-0.15, -0.1) is 11.3 Å². The van der Waals surface area contributed by atoms with Gasteiger partial charge in [-0.25, -0.2) is 4.98 Å². The van der Waals surface area contributed by atoms with Gasteiger partial charge < -0.3 is 5.32 Å². The molecule has 0 saturated carbocycles. The molecule has 0 aliphatic carbocycles. The lowest BCUT2D eigenvalue weighted by molar-refractivity contribution is -0.116. The Hall–Kier alpha value is -1.11. The van der Waals surface area contributed by atoms with Gasteiger partial charge >= 0.3 is 0 Å². The predicted octanol–water partition coefficient (Wildman–Crippen LogP) is 4.54. The molecular weight excluding hydrogens is 374 g/mol. The van der Waals surface area contributed by atoms with Gasteiger partial charge in [-0.3, -0.25) is 9.69 Å². The molecule has 112 valence electrons. The number of carbonyl (C=O) groups is 1. The Bertz CT molecular complexity index is 647. The highest BCUT2D eigenvalue weighted by atomic mass is 79.9. The quantitative estimate of drug-likeness (QED) is 0.817. The maximum absolute atomic E-state index is 11.5. The minimum absolute atomic E-state index is 0.00365. The van der Waals surface area contributed by atoms with Crippen LogP contribution in [0.25, 0.3) is 0 Å². The number of amides is 1. The van der Waals surface area contributed by atoms with E-state index in [0.717, 1.165) is 21.0 Å². The van der Waals surface area contributed by atoms with Crippen LogP contribution in [0.3, 0.4) is 0 Å². The maximum atomic E-state index is 11.5. The van der Waals surface area contributed by atoms with Crippen LogP contribution in [0.5, 0.6) is 0 Å². The van der Waals surface area contributed by atoms with E-state index in [0.29, 0.717) is 18.1 Å². The molecule has 2 rings (SSSR count). The SMILES string of the molecule is CCN(C(C)=O)c1nc(CNc2cccc(Cl)c2Br)cs1. The highest BCUT2D eigenvalue weighted by Gasteiger charge is 2.13. The molecule has 7 heteroatoms. The van der Waals surface area contributed by atoms with Crippen LogP contribution in [0.1, 0.15) is 19.5 Å². The van der Waals surface area contributed by atoms with Gasteiger partial charge in [-0.1, -0.05) is 17.7 Å². The molecule has 0 saturated heterocycles. The van der Waals surface area contributed by atoms with E-state index in [9.17, 15) is 4.79 Å². The van der Waals surface area contributed by atoms with Gasteiger partial charge in [0.1, 0.15) is 0 Å². The van der Waals surface area contributed by atoms with Crippen LogP contribution >= 0.6 is 38.9 Å². The number of anilines is 2. The average molecular weight is 389 g/mol. The van der Waals surface area contributed by atoms with E-state index >= 15 is 0 Å². The summed E-state index contributed by atoms with van der Waals surface area (Å²) >= 11 is 11.0. The van der Waals surface area contributed by atoms with E-state index in [4.69, 9.17) is 11.6 Å². The van der Waals surface area contributed by atoms with Crippen LogP contribution in [0.15, 0.2) is 28.1 Å². The Morgan fingerprint density at radius 3 is 2.95 bits per heavy atom. The van der Waals surface area contributed by atoms with Crippen LogP contribution in [-0.4, -0.2) is 17.4 Å². The second-order valence-corrected chi connectivity index (χ2v) is 6.38. The van der Waals surface area contributed by atoms with Crippen molar-refractivity contribution in [3.8, 4) is 0 Å². The van der Waals surface area contributed by atoms with Crippen molar-refractivity contribution >= 4 is 55.6 Å². The van der Waals surface area contributed by atoms with Crippen LogP contribution < -0.4 is 10.2 Å². The molecule has 0 bridgehead atoms. The van der Waals surface area contributed by atoms with Crippen molar-refractivity contribution in [3.63, 3.8) is 0 Å². The Balaban J connectivity index is 2.06. The fraction of sp³-hybridized carbons (Fsp3) is 0.286. The van der Waals surface area contributed by atoms with E-state index in [1.54, 1.807) is 11.8 Å². The normalized spacial score (nSPS) is 10.5. The first-order valence-electron chi connectivity index (χ1n) is 6.43. The summed E-state index contributed by atoms with van der Waals surface area (Å²) in [4.78, 5) is 17.6. The van der Waals surface area contributed by atoms with Crippen molar-refractivity contribution in [2.75, 3.05) is 16.8 Å². The summed E-state index contributed by atoms with van der Waals surface area (Å²) in [6.45, 7) is 4.68. The molecule has 0 aliphatic heterocycles. The van der Waals surface area contributed by atoms with Gasteiger partial charge in [0.15, 0.2) is 5.13 Å². The summed E-state index contributed by atoms with van der Waals surface area (Å²) in [6.07, 6.45) is 0. The van der Waals surface area contributed by atoms with Crippen LogP contribution in [0.4, 0.5) is 10.8 Å². The Labute approximate surface area is 141 Å². The van der Waals surface area contributed by atoms with Crippen molar-refractivity contribution in [2.24, 2.45) is 0 Å². The molecule has 0 spiro atoms. The van der Waals surface area contributed by atoms with Crippen LogP contribution in [-0.2, 0) is 11.3 Å². The molecule has 21 heavy (non-hydrogen) atoms. The lowest BCUT2D eigenvalue weighted by atomic mass is 10.3. The first-order valence-corrected chi connectivity index (χ1v) is 8.48. The minimum atomic E-state index is 0.00365. The first-order chi connectivity index (χ1) is 10.0. The third kappa shape index (κ3) is 3.96. The molecule has 0 aliphatic rings. The second kappa shape index (κ2) is 7.24. The van der Waals surface area contributed by atoms with Gasteiger partial charge in [0.2, 0.25) is 5.91 Å². The van der Waals surface area contributed by atoms with Crippen molar-refractivity contribution in [1.82, 2.24) is 4.98 Å². The summed E-state index contributed by atoms with van der Waals surface area (Å²) < 4.78 is 0.834. The minimum Gasteiger partial charge on any atom is -0.378 e. The molecule has 0 fully saturated rings. The third-order valence-corrected chi connectivity index (χ3v) is 5.19. The highest BCUT2D eigenvalue weighted by molar-refractivity contribution is 9.10. The Morgan fingerprint density at radius 2 is 2.29 bits per heavy atom. The Kier molecular flexibility index (Phi) is 5.61. The van der Waals surface area contributed by atoms with Crippen molar-refractivity contribution < 1.29 is 4.79 Å². The number of hydrogen-bond acceptors (Lipinski definition) is 4. The van der Waals surface area contributed by atoms with Crippen LogP contribution in [0, 0.1) is 0 Å². The maximum Gasteiger partial charge on any atom is 0.225 e. The zero-order chi connectivity index (χ0) is 15.4. The van der Waals surface area contributed by atoms with Crippen LogP contribution in [0.2, 0.25) is 5.02 Å². The van der Waals surface area contributed by atoms with Crippen molar-refractivity contribution in [1.29, 1.82) is 0 Å². The number of benzene rings is 1. The lowest BCUT2D eigenvalue weighted by Crippen LogP contribution is -2.27. The third-order valence-electron chi connectivity index (χ3n) is 2.88. The molecule has 0 atom stereocenters. The highest BCUT2D eigenvalue weighted by Crippen LogP contribution is 2.30. The number of nitrogens with zero attached hydrogens (tertiary/aromatic N) is 2. The smallest absolute Gasteiger partial charge is 0.225 e. The molecule has 4 nitrogen and oxygen atoms in total. The summed E-state index contributed by atoms with van der Waals surface area (Å²) in [5.41, 5.74) is 1.80. The number of carbonyl (C=O) groups excluding carboxylic acids is 1. The summed E-state index contributed by atoms with van der Waals surface area (Å²) in [7, 11) is 0. The number of thiazole rings is 1. The summed E-state index contributed by atoms with van der Waals surface area (Å²) in [5.74, 6) is 0.00365. The number of halogens is 2. The van der Waals surface area contributed by atoms with E-state index in [-0.39, 0.29) is 5.91 Å². The van der Waals surface area contributed by atoms with E-state index in [1.165, 1.54) is 11.3 Å². The molecule has 1 aromatic carbocycles. The number of rotatable bonds is 5. The number of aromatic nitrogens is 1. The van der Waals surface area contributed by atoms with Gasteiger partial charge in [-0.2, -0.15) is 0 Å². The fourth-order valence-corrected chi connectivity index (χ4v) is 3.33.